The van der Waals surface area contributed by atoms with Crippen molar-refractivity contribution in [2.75, 3.05) is 6.79 Å². The van der Waals surface area contributed by atoms with E-state index < -0.39 is 11.2 Å². The molecule has 0 aromatic heterocycles. The molecule has 5 rings (SSSR count). The maximum absolute atomic E-state index is 6.66. The van der Waals surface area contributed by atoms with Gasteiger partial charge in [0.2, 0.25) is 6.79 Å². The summed E-state index contributed by atoms with van der Waals surface area (Å²) in [6, 6.07) is 27.7. The van der Waals surface area contributed by atoms with Gasteiger partial charge < -0.3 is 18.8 Å². The molecule has 0 amide bonds. The summed E-state index contributed by atoms with van der Waals surface area (Å²) in [7, 11) is -0.334. The number of rotatable bonds is 9. The van der Waals surface area contributed by atoms with Gasteiger partial charge in [-0.2, -0.15) is 0 Å². The van der Waals surface area contributed by atoms with Crippen LogP contribution in [0.15, 0.2) is 78.9 Å². The fraction of sp³-hybridized carbons (Fsp3) is 0.419. The Labute approximate surface area is 221 Å². The lowest BCUT2D eigenvalue weighted by Gasteiger charge is -2.38. The van der Waals surface area contributed by atoms with Crippen molar-refractivity contribution in [3.05, 3.63) is 95.6 Å². The molecule has 3 aromatic carbocycles. The van der Waals surface area contributed by atoms with Crippen LogP contribution in [0, 0.1) is 0 Å². The Hall–Kier alpha value is -2.80. The smallest absolute Gasteiger partial charge is 0.454 e. The molecule has 37 heavy (non-hydrogen) atoms. The van der Waals surface area contributed by atoms with Crippen LogP contribution in [0.2, 0.25) is 5.82 Å². The first-order chi connectivity index (χ1) is 17.8. The summed E-state index contributed by atoms with van der Waals surface area (Å²) >= 11 is 0. The predicted octanol–water partition coefficient (Wildman–Crippen LogP) is 7.03. The van der Waals surface area contributed by atoms with E-state index in [4.69, 9.17) is 18.8 Å². The van der Waals surface area contributed by atoms with E-state index >= 15 is 0 Å². The summed E-state index contributed by atoms with van der Waals surface area (Å²) in [4.78, 5) is 2.56. The van der Waals surface area contributed by atoms with Crippen molar-refractivity contribution in [1.29, 1.82) is 0 Å². The standard InChI is InChI=1S/C31H38BNO4/c1-6-26(32-36-30(2,3)31(4,5)37-32)29(25-17-18-27-28(19-25)35-22-34-27)33(20-23-13-9-7-10-14-23)21-24-15-11-8-12-16-24/h7-19,26,29H,6,20-22H2,1-5H3/t26-,29-/m1/s1. The monoisotopic (exact) mass is 499 g/mol. The molecule has 0 spiro atoms. The zero-order chi connectivity index (χ0) is 26.0. The molecule has 2 heterocycles. The van der Waals surface area contributed by atoms with Crippen molar-refractivity contribution in [2.45, 2.75) is 77.2 Å². The van der Waals surface area contributed by atoms with Crippen LogP contribution in [-0.4, -0.2) is 30.0 Å². The molecule has 0 N–H and O–H groups in total. The molecule has 0 bridgehead atoms. The normalized spacial score (nSPS) is 19.2. The predicted molar refractivity (Wildman–Crippen MR) is 148 cm³/mol. The summed E-state index contributed by atoms with van der Waals surface area (Å²) in [5.41, 5.74) is 2.93. The third-order valence-electron chi connectivity index (χ3n) is 8.09. The topological polar surface area (TPSA) is 40.2 Å². The van der Waals surface area contributed by atoms with Crippen LogP contribution < -0.4 is 9.47 Å². The van der Waals surface area contributed by atoms with E-state index in [9.17, 15) is 0 Å². The molecule has 1 saturated heterocycles. The zero-order valence-electron chi connectivity index (χ0n) is 22.6. The van der Waals surface area contributed by atoms with E-state index in [1.54, 1.807) is 0 Å². The number of ether oxygens (including phenoxy) is 2. The summed E-state index contributed by atoms with van der Waals surface area (Å²) in [6.07, 6.45) is 0.899. The number of fused-ring (bicyclic) bond motifs is 1. The lowest BCUT2D eigenvalue weighted by atomic mass is 9.64. The van der Waals surface area contributed by atoms with Gasteiger partial charge in [-0.1, -0.05) is 80.1 Å². The fourth-order valence-electron chi connectivity index (χ4n) is 5.34. The van der Waals surface area contributed by atoms with Gasteiger partial charge in [-0.25, -0.2) is 0 Å². The van der Waals surface area contributed by atoms with Crippen LogP contribution in [-0.2, 0) is 22.4 Å². The first-order valence-corrected chi connectivity index (χ1v) is 13.3. The second-order valence-electron chi connectivity index (χ2n) is 11.1. The van der Waals surface area contributed by atoms with Crippen molar-refractivity contribution in [3.8, 4) is 11.5 Å². The third-order valence-corrected chi connectivity index (χ3v) is 8.09. The van der Waals surface area contributed by atoms with E-state index in [2.05, 4.69) is 112 Å². The minimum atomic E-state index is -0.395. The van der Waals surface area contributed by atoms with Crippen LogP contribution in [0.4, 0.5) is 0 Å². The number of hydrogen-bond donors (Lipinski definition) is 0. The quantitative estimate of drug-likeness (QED) is 0.296. The molecule has 5 nitrogen and oxygen atoms in total. The van der Waals surface area contributed by atoms with Crippen molar-refractivity contribution in [3.63, 3.8) is 0 Å². The molecule has 6 heteroatoms. The second-order valence-corrected chi connectivity index (χ2v) is 11.1. The highest BCUT2D eigenvalue weighted by atomic mass is 16.7. The third kappa shape index (κ3) is 5.42. The lowest BCUT2D eigenvalue weighted by Crippen LogP contribution is -2.41. The highest BCUT2D eigenvalue weighted by Gasteiger charge is 2.55. The van der Waals surface area contributed by atoms with Gasteiger partial charge in [-0.05, 0) is 56.5 Å². The van der Waals surface area contributed by atoms with Crippen LogP contribution in [0.1, 0.15) is 63.8 Å². The molecule has 2 atom stereocenters. The van der Waals surface area contributed by atoms with Gasteiger partial charge in [0.15, 0.2) is 11.5 Å². The van der Waals surface area contributed by atoms with Crippen LogP contribution in [0.3, 0.4) is 0 Å². The largest absolute Gasteiger partial charge is 0.463 e. The summed E-state index contributed by atoms with van der Waals surface area (Å²) in [5.74, 6) is 1.68. The number of nitrogens with zero attached hydrogens (tertiary/aromatic N) is 1. The molecule has 0 radical (unpaired) electrons. The van der Waals surface area contributed by atoms with Crippen molar-refractivity contribution in [1.82, 2.24) is 4.90 Å². The molecule has 0 saturated carbocycles. The molecule has 3 aromatic rings. The number of benzene rings is 3. The van der Waals surface area contributed by atoms with Crippen molar-refractivity contribution < 1.29 is 18.8 Å². The maximum Gasteiger partial charge on any atom is 0.463 e. The highest BCUT2D eigenvalue weighted by Crippen LogP contribution is 2.48. The van der Waals surface area contributed by atoms with Gasteiger partial charge in [-0.3, -0.25) is 4.90 Å². The minimum Gasteiger partial charge on any atom is -0.454 e. The van der Waals surface area contributed by atoms with Crippen molar-refractivity contribution >= 4 is 7.12 Å². The van der Waals surface area contributed by atoms with Crippen LogP contribution >= 0.6 is 0 Å². The summed E-state index contributed by atoms with van der Waals surface area (Å²) in [5, 5.41) is 0. The first kappa shape index (κ1) is 25.8. The van der Waals surface area contributed by atoms with Crippen LogP contribution in [0.5, 0.6) is 11.5 Å². The Morgan fingerprint density at radius 3 is 1.84 bits per heavy atom. The molecule has 2 aliphatic heterocycles. The molecule has 2 aliphatic rings. The fourth-order valence-corrected chi connectivity index (χ4v) is 5.34. The Bertz CT molecular complexity index is 1130. The van der Waals surface area contributed by atoms with E-state index in [1.165, 1.54) is 16.7 Å². The van der Waals surface area contributed by atoms with Gasteiger partial charge >= 0.3 is 7.12 Å². The SMILES string of the molecule is CC[C@@H](B1OC(C)(C)C(C)(C)O1)[C@@H](c1ccc2c(c1)OCO2)N(Cc1ccccc1)Cc1ccccc1. The lowest BCUT2D eigenvalue weighted by molar-refractivity contribution is 0.00578. The minimum absolute atomic E-state index is 0.0228. The Kier molecular flexibility index (Phi) is 7.35. The van der Waals surface area contributed by atoms with Gasteiger partial charge in [0.05, 0.1) is 11.2 Å². The average molecular weight is 499 g/mol. The van der Waals surface area contributed by atoms with Crippen molar-refractivity contribution in [2.24, 2.45) is 0 Å². The summed E-state index contributed by atoms with van der Waals surface area (Å²) in [6.45, 7) is 12.6. The highest BCUT2D eigenvalue weighted by molar-refractivity contribution is 6.47. The molecular formula is C31H38BNO4. The Morgan fingerprint density at radius 1 is 0.757 bits per heavy atom. The van der Waals surface area contributed by atoms with E-state index in [-0.39, 0.29) is 25.8 Å². The van der Waals surface area contributed by atoms with E-state index in [1.807, 2.05) is 6.07 Å². The second kappa shape index (κ2) is 10.5. The molecule has 0 aliphatic carbocycles. The van der Waals surface area contributed by atoms with Crippen LogP contribution in [0.25, 0.3) is 0 Å². The summed E-state index contributed by atoms with van der Waals surface area (Å²) < 4.78 is 24.8. The molecular weight excluding hydrogens is 461 g/mol. The number of hydrogen-bond acceptors (Lipinski definition) is 5. The average Bonchev–Trinajstić information content (AvgIpc) is 3.43. The van der Waals surface area contributed by atoms with Gasteiger partial charge in [0.1, 0.15) is 0 Å². The van der Waals surface area contributed by atoms with Gasteiger partial charge in [-0.15, -0.1) is 0 Å². The van der Waals surface area contributed by atoms with Gasteiger partial charge in [0.25, 0.3) is 0 Å². The Balaban J connectivity index is 1.59. The molecule has 194 valence electrons. The zero-order valence-corrected chi connectivity index (χ0v) is 22.6. The van der Waals surface area contributed by atoms with E-state index in [0.717, 1.165) is 31.0 Å². The maximum atomic E-state index is 6.66. The first-order valence-electron chi connectivity index (χ1n) is 13.3. The van der Waals surface area contributed by atoms with E-state index in [0.29, 0.717) is 0 Å². The van der Waals surface area contributed by atoms with Gasteiger partial charge in [0, 0.05) is 24.9 Å². The molecule has 0 unspecified atom stereocenters. The Morgan fingerprint density at radius 2 is 1.30 bits per heavy atom. The molecule has 1 fully saturated rings.